The second-order valence-electron chi connectivity index (χ2n) is 4.85. The molecule has 0 aliphatic carbocycles. The van der Waals surface area contributed by atoms with Crippen molar-refractivity contribution in [3.05, 3.63) is 42.7 Å². The van der Waals surface area contributed by atoms with Crippen LogP contribution in [0.15, 0.2) is 42.7 Å². The number of nitrogens with zero attached hydrogens (tertiary/aromatic N) is 3. The fourth-order valence-electron chi connectivity index (χ4n) is 2.56. The summed E-state index contributed by atoms with van der Waals surface area (Å²) < 4.78 is 1.68. The van der Waals surface area contributed by atoms with E-state index in [9.17, 15) is 0 Å². The highest BCUT2D eigenvalue weighted by Gasteiger charge is 2.10. The quantitative estimate of drug-likeness (QED) is 0.554. The molecule has 0 saturated carbocycles. The van der Waals surface area contributed by atoms with E-state index in [4.69, 9.17) is 5.73 Å². The zero-order valence-corrected chi connectivity index (χ0v) is 11.0. The molecule has 4 aromatic rings. The van der Waals surface area contributed by atoms with Crippen LogP contribution in [0.4, 0.5) is 5.82 Å². The third kappa shape index (κ3) is 1.43. The van der Waals surface area contributed by atoms with E-state index < -0.39 is 0 Å². The highest BCUT2D eigenvalue weighted by Crippen LogP contribution is 2.31. The molecule has 20 heavy (non-hydrogen) atoms. The van der Waals surface area contributed by atoms with Gasteiger partial charge in [-0.25, -0.2) is 4.98 Å². The molecule has 0 aliphatic rings. The minimum absolute atomic E-state index is 0.669. The smallest absolute Gasteiger partial charge is 0.138 e. The largest absolute Gasteiger partial charge is 0.383 e. The van der Waals surface area contributed by atoms with Gasteiger partial charge in [0.15, 0.2) is 0 Å². The minimum Gasteiger partial charge on any atom is -0.383 e. The predicted molar refractivity (Wildman–Crippen MR) is 80.2 cm³/mol. The molecule has 1 aromatic carbocycles. The molecule has 0 atom stereocenters. The molecular formula is C15H13N5. The van der Waals surface area contributed by atoms with Crippen LogP contribution in [0.3, 0.4) is 0 Å². The normalized spacial score (nSPS) is 11.4. The standard InChI is InChI=1S/C15H13N5/c1-20-14(16)12(8-18-20)9-4-5-13-11(7-9)10-3-2-6-17-15(10)19-13/h2-8H,16H2,1H3,(H,17,19). The average molecular weight is 263 g/mol. The summed E-state index contributed by atoms with van der Waals surface area (Å²) in [6.45, 7) is 0. The lowest BCUT2D eigenvalue weighted by molar-refractivity contribution is 0.779. The Balaban J connectivity index is 2.02. The first-order valence-electron chi connectivity index (χ1n) is 6.38. The van der Waals surface area contributed by atoms with Crippen LogP contribution in [0.2, 0.25) is 0 Å². The number of pyridine rings is 1. The van der Waals surface area contributed by atoms with E-state index >= 15 is 0 Å². The molecule has 5 heteroatoms. The monoisotopic (exact) mass is 263 g/mol. The molecule has 4 rings (SSSR count). The maximum Gasteiger partial charge on any atom is 0.138 e. The zero-order chi connectivity index (χ0) is 13.7. The molecule has 0 spiro atoms. The van der Waals surface area contributed by atoms with Gasteiger partial charge in [-0.1, -0.05) is 6.07 Å². The van der Waals surface area contributed by atoms with Crippen molar-refractivity contribution in [2.24, 2.45) is 7.05 Å². The van der Waals surface area contributed by atoms with Crippen LogP contribution in [0.25, 0.3) is 33.1 Å². The number of H-pyrrole nitrogens is 1. The molecule has 5 nitrogen and oxygen atoms in total. The van der Waals surface area contributed by atoms with Crippen LogP contribution in [0, 0.1) is 0 Å². The highest BCUT2D eigenvalue weighted by atomic mass is 15.3. The zero-order valence-electron chi connectivity index (χ0n) is 11.0. The number of nitrogen functional groups attached to an aromatic ring is 1. The van der Waals surface area contributed by atoms with Gasteiger partial charge in [0.1, 0.15) is 11.5 Å². The average Bonchev–Trinajstić information content (AvgIpc) is 3.00. The van der Waals surface area contributed by atoms with Gasteiger partial charge in [0, 0.05) is 35.1 Å². The van der Waals surface area contributed by atoms with Crippen molar-refractivity contribution in [1.29, 1.82) is 0 Å². The van der Waals surface area contributed by atoms with E-state index in [1.54, 1.807) is 17.1 Å². The number of hydrogen-bond donors (Lipinski definition) is 2. The van der Waals surface area contributed by atoms with E-state index in [1.165, 1.54) is 0 Å². The van der Waals surface area contributed by atoms with Gasteiger partial charge < -0.3 is 10.7 Å². The number of aryl methyl sites for hydroxylation is 1. The molecular weight excluding hydrogens is 250 g/mol. The lowest BCUT2D eigenvalue weighted by Gasteiger charge is -2.01. The third-order valence-corrected chi connectivity index (χ3v) is 3.67. The number of nitrogens with one attached hydrogen (secondary N) is 1. The van der Waals surface area contributed by atoms with Gasteiger partial charge in [0.05, 0.1) is 6.20 Å². The van der Waals surface area contributed by atoms with Crippen LogP contribution in [0.1, 0.15) is 0 Å². The number of rotatable bonds is 1. The van der Waals surface area contributed by atoms with Crippen molar-refractivity contribution in [2.75, 3.05) is 5.73 Å². The Hall–Kier alpha value is -2.82. The molecule has 0 radical (unpaired) electrons. The summed E-state index contributed by atoms with van der Waals surface area (Å²) in [5, 5.41) is 6.46. The first-order valence-corrected chi connectivity index (χ1v) is 6.38. The maximum absolute atomic E-state index is 6.05. The Morgan fingerprint density at radius 3 is 2.90 bits per heavy atom. The lowest BCUT2D eigenvalue weighted by Crippen LogP contribution is -1.97. The fraction of sp³-hybridized carbons (Fsp3) is 0.0667. The number of benzene rings is 1. The topological polar surface area (TPSA) is 72.5 Å². The second-order valence-corrected chi connectivity index (χ2v) is 4.85. The third-order valence-electron chi connectivity index (χ3n) is 3.67. The number of aromatic nitrogens is 4. The van der Waals surface area contributed by atoms with Gasteiger partial charge in [-0.3, -0.25) is 4.68 Å². The molecule has 98 valence electrons. The summed E-state index contributed by atoms with van der Waals surface area (Å²) in [6.07, 6.45) is 3.58. The van der Waals surface area contributed by atoms with Crippen molar-refractivity contribution in [3.8, 4) is 11.1 Å². The maximum atomic E-state index is 6.05. The van der Waals surface area contributed by atoms with Crippen LogP contribution < -0.4 is 5.73 Å². The number of nitrogens with two attached hydrogens (primary N) is 1. The number of aromatic amines is 1. The van der Waals surface area contributed by atoms with Crippen molar-refractivity contribution < 1.29 is 0 Å². The van der Waals surface area contributed by atoms with Gasteiger partial charge in [0.2, 0.25) is 0 Å². The van der Waals surface area contributed by atoms with Gasteiger partial charge in [-0.2, -0.15) is 5.10 Å². The highest BCUT2D eigenvalue weighted by molar-refractivity contribution is 6.07. The lowest BCUT2D eigenvalue weighted by atomic mass is 10.1. The first kappa shape index (κ1) is 11.0. The van der Waals surface area contributed by atoms with Crippen molar-refractivity contribution in [3.63, 3.8) is 0 Å². The van der Waals surface area contributed by atoms with E-state index in [2.05, 4.69) is 33.3 Å². The molecule has 3 N–H and O–H groups in total. The van der Waals surface area contributed by atoms with Gasteiger partial charge >= 0.3 is 0 Å². The molecule has 0 amide bonds. The van der Waals surface area contributed by atoms with Crippen LogP contribution >= 0.6 is 0 Å². The van der Waals surface area contributed by atoms with Crippen LogP contribution in [0.5, 0.6) is 0 Å². The summed E-state index contributed by atoms with van der Waals surface area (Å²) in [7, 11) is 1.84. The Morgan fingerprint density at radius 2 is 2.10 bits per heavy atom. The van der Waals surface area contributed by atoms with Crippen molar-refractivity contribution in [2.45, 2.75) is 0 Å². The molecule has 3 heterocycles. The van der Waals surface area contributed by atoms with E-state index in [-0.39, 0.29) is 0 Å². The summed E-state index contributed by atoms with van der Waals surface area (Å²) in [5.41, 5.74) is 10.0. The van der Waals surface area contributed by atoms with Gasteiger partial charge in [-0.05, 0) is 29.8 Å². The fourth-order valence-corrected chi connectivity index (χ4v) is 2.56. The molecule has 3 aromatic heterocycles. The molecule has 0 unspecified atom stereocenters. The molecule has 0 aliphatic heterocycles. The first-order chi connectivity index (χ1) is 9.74. The SMILES string of the molecule is Cn1ncc(-c2ccc3[nH]c4ncccc4c3c2)c1N. The summed E-state index contributed by atoms with van der Waals surface area (Å²) in [6, 6.07) is 10.2. The van der Waals surface area contributed by atoms with Gasteiger partial charge in [-0.15, -0.1) is 0 Å². The predicted octanol–water partition coefficient (Wildman–Crippen LogP) is 2.70. The molecule has 0 fully saturated rings. The molecule has 0 bridgehead atoms. The van der Waals surface area contributed by atoms with E-state index in [1.807, 2.05) is 19.2 Å². The molecule has 0 saturated heterocycles. The Labute approximate surface area is 115 Å². The minimum atomic E-state index is 0.669. The number of fused-ring (bicyclic) bond motifs is 3. The van der Waals surface area contributed by atoms with Crippen molar-refractivity contribution in [1.82, 2.24) is 19.7 Å². The van der Waals surface area contributed by atoms with Crippen LogP contribution in [-0.4, -0.2) is 19.7 Å². The number of anilines is 1. The Kier molecular flexibility index (Phi) is 2.12. The Morgan fingerprint density at radius 1 is 1.20 bits per heavy atom. The van der Waals surface area contributed by atoms with E-state index in [0.717, 1.165) is 33.1 Å². The summed E-state index contributed by atoms with van der Waals surface area (Å²) in [5.74, 6) is 0.669. The summed E-state index contributed by atoms with van der Waals surface area (Å²) >= 11 is 0. The second kappa shape index (κ2) is 3.84. The van der Waals surface area contributed by atoms with Gasteiger partial charge in [0.25, 0.3) is 0 Å². The van der Waals surface area contributed by atoms with Crippen LogP contribution in [-0.2, 0) is 7.05 Å². The van der Waals surface area contributed by atoms with E-state index in [0.29, 0.717) is 5.82 Å². The Bertz CT molecular complexity index is 932. The number of hydrogen-bond acceptors (Lipinski definition) is 3. The van der Waals surface area contributed by atoms with Crippen molar-refractivity contribution >= 4 is 27.8 Å². The summed E-state index contributed by atoms with van der Waals surface area (Å²) in [4.78, 5) is 7.66.